The first-order valence-electron chi connectivity index (χ1n) is 8.27. The van der Waals surface area contributed by atoms with Gasteiger partial charge < -0.3 is 4.74 Å². The Labute approximate surface area is 146 Å². The highest BCUT2D eigenvalue weighted by atomic mass is 19.1. The monoisotopic (exact) mass is 345 g/mol. The molecule has 3 rings (SSSR count). The summed E-state index contributed by atoms with van der Waals surface area (Å²) in [6.45, 7) is 4.86. The molecule has 0 unspecified atom stereocenters. The van der Waals surface area contributed by atoms with Gasteiger partial charge in [0.2, 0.25) is 0 Å². The van der Waals surface area contributed by atoms with Crippen LogP contribution in [0, 0.1) is 11.6 Å². The van der Waals surface area contributed by atoms with E-state index in [2.05, 4.69) is 27.6 Å². The largest absolute Gasteiger partial charge is 0.379 e. The smallest absolute Gasteiger partial charge is 0.151 e. The number of nitrogens with zero attached hydrogens (tertiary/aromatic N) is 2. The summed E-state index contributed by atoms with van der Waals surface area (Å²) < 4.78 is 32.2. The molecule has 2 aromatic carbocycles. The van der Waals surface area contributed by atoms with Gasteiger partial charge in [0.1, 0.15) is 5.82 Å². The maximum absolute atomic E-state index is 13.8. The fraction of sp³-hybridized carbons (Fsp3) is 0.316. The zero-order valence-electron chi connectivity index (χ0n) is 14.1. The van der Waals surface area contributed by atoms with Gasteiger partial charge in [0.25, 0.3) is 0 Å². The molecule has 1 fully saturated rings. The molecule has 1 aliphatic heterocycles. The van der Waals surface area contributed by atoms with Crippen LogP contribution in [-0.2, 0) is 4.74 Å². The predicted molar refractivity (Wildman–Crippen MR) is 94.7 cm³/mol. The second-order valence-corrected chi connectivity index (χ2v) is 5.95. The number of ether oxygens (including phenoxy) is 1. The zero-order valence-corrected chi connectivity index (χ0v) is 14.1. The molecular weight excluding hydrogens is 324 g/mol. The van der Waals surface area contributed by atoms with Crippen molar-refractivity contribution in [3.05, 3.63) is 65.7 Å². The molecule has 1 heterocycles. The van der Waals surface area contributed by atoms with Gasteiger partial charge in [-0.25, -0.2) is 8.78 Å². The summed E-state index contributed by atoms with van der Waals surface area (Å²) in [6.07, 6.45) is 0. The molecule has 1 atom stereocenters. The standard InChI is InChI=1S/C19H21F2N3O/c1-14(22-23-18-8-7-16(20)13-17(18)21)19(15-5-3-2-4-6-15)24-9-11-25-12-10-24/h2-8,13,19,23H,9-12H2,1H3/b22-14-/t19-/m1/s1. The van der Waals surface area contributed by atoms with Crippen LogP contribution >= 0.6 is 0 Å². The second kappa shape index (κ2) is 8.18. The topological polar surface area (TPSA) is 36.9 Å². The number of hydrazone groups is 1. The highest BCUT2D eigenvalue weighted by molar-refractivity contribution is 5.89. The SMILES string of the molecule is C/C(=N/Nc1ccc(F)cc1F)[C@H](c1ccccc1)N1CCOCC1. The number of hydrogen-bond acceptors (Lipinski definition) is 4. The minimum absolute atomic E-state index is 0.0268. The number of rotatable bonds is 5. The molecule has 1 saturated heterocycles. The lowest BCUT2D eigenvalue weighted by molar-refractivity contribution is 0.0286. The highest BCUT2D eigenvalue weighted by Crippen LogP contribution is 2.24. The third-order valence-electron chi connectivity index (χ3n) is 4.21. The lowest BCUT2D eigenvalue weighted by Crippen LogP contribution is -2.41. The molecule has 0 aliphatic carbocycles. The van der Waals surface area contributed by atoms with Crippen LogP contribution in [0.4, 0.5) is 14.5 Å². The fourth-order valence-electron chi connectivity index (χ4n) is 2.98. The molecule has 4 nitrogen and oxygen atoms in total. The van der Waals surface area contributed by atoms with Crippen molar-refractivity contribution in [2.75, 3.05) is 31.7 Å². The molecule has 6 heteroatoms. The van der Waals surface area contributed by atoms with Crippen LogP contribution in [0.3, 0.4) is 0 Å². The van der Waals surface area contributed by atoms with Crippen molar-refractivity contribution in [3.63, 3.8) is 0 Å². The van der Waals surface area contributed by atoms with Crippen LogP contribution in [0.5, 0.6) is 0 Å². The molecule has 0 saturated carbocycles. The lowest BCUT2D eigenvalue weighted by Gasteiger charge is -2.34. The van der Waals surface area contributed by atoms with E-state index in [-0.39, 0.29) is 11.7 Å². The molecular formula is C19H21F2N3O. The Hall–Kier alpha value is -2.31. The van der Waals surface area contributed by atoms with Crippen LogP contribution in [0.2, 0.25) is 0 Å². The molecule has 25 heavy (non-hydrogen) atoms. The fourth-order valence-corrected chi connectivity index (χ4v) is 2.98. The summed E-state index contributed by atoms with van der Waals surface area (Å²) in [4.78, 5) is 2.29. The van der Waals surface area contributed by atoms with Crippen LogP contribution in [0.1, 0.15) is 18.5 Å². The summed E-state index contributed by atoms with van der Waals surface area (Å²) in [5, 5.41) is 4.36. The first-order valence-corrected chi connectivity index (χ1v) is 8.27. The third kappa shape index (κ3) is 4.41. The van der Waals surface area contributed by atoms with Crippen molar-refractivity contribution in [2.45, 2.75) is 13.0 Å². The van der Waals surface area contributed by atoms with E-state index < -0.39 is 11.6 Å². The molecule has 0 amide bonds. The lowest BCUT2D eigenvalue weighted by atomic mass is 10.0. The van der Waals surface area contributed by atoms with Crippen molar-refractivity contribution in [1.82, 2.24) is 4.90 Å². The Morgan fingerprint density at radius 2 is 1.84 bits per heavy atom. The van der Waals surface area contributed by atoms with Gasteiger partial charge >= 0.3 is 0 Å². The van der Waals surface area contributed by atoms with Crippen molar-refractivity contribution in [2.24, 2.45) is 5.10 Å². The Morgan fingerprint density at radius 3 is 2.52 bits per heavy atom. The molecule has 0 radical (unpaired) electrons. The van der Waals surface area contributed by atoms with Gasteiger partial charge in [-0.2, -0.15) is 5.10 Å². The average Bonchev–Trinajstić information content (AvgIpc) is 2.63. The molecule has 1 N–H and O–H groups in total. The third-order valence-corrected chi connectivity index (χ3v) is 4.21. The Kier molecular flexibility index (Phi) is 5.73. The van der Waals surface area contributed by atoms with E-state index in [1.54, 1.807) is 0 Å². The second-order valence-electron chi connectivity index (χ2n) is 5.95. The van der Waals surface area contributed by atoms with Crippen molar-refractivity contribution in [3.8, 4) is 0 Å². The summed E-state index contributed by atoms with van der Waals surface area (Å²) in [5.74, 6) is -1.28. The van der Waals surface area contributed by atoms with E-state index in [0.29, 0.717) is 13.2 Å². The van der Waals surface area contributed by atoms with Crippen LogP contribution in [0.15, 0.2) is 53.6 Å². The summed E-state index contributed by atoms with van der Waals surface area (Å²) in [5.41, 5.74) is 4.79. The quantitative estimate of drug-likeness (QED) is 0.661. The van der Waals surface area contributed by atoms with Crippen molar-refractivity contribution in [1.29, 1.82) is 0 Å². The number of anilines is 1. The maximum Gasteiger partial charge on any atom is 0.151 e. The zero-order chi connectivity index (χ0) is 17.6. The van der Waals surface area contributed by atoms with E-state index in [4.69, 9.17) is 4.74 Å². The molecule has 0 aromatic heterocycles. The molecule has 0 spiro atoms. The predicted octanol–water partition coefficient (Wildman–Crippen LogP) is 3.83. The van der Waals surface area contributed by atoms with E-state index in [0.717, 1.165) is 30.4 Å². The number of benzene rings is 2. The molecule has 0 bridgehead atoms. The van der Waals surface area contributed by atoms with E-state index >= 15 is 0 Å². The summed E-state index contributed by atoms with van der Waals surface area (Å²) >= 11 is 0. The minimum Gasteiger partial charge on any atom is -0.379 e. The Morgan fingerprint density at radius 1 is 1.12 bits per heavy atom. The Balaban J connectivity index is 1.84. The first-order chi connectivity index (χ1) is 12.1. The van der Waals surface area contributed by atoms with Crippen molar-refractivity contribution < 1.29 is 13.5 Å². The van der Waals surface area contributed by atoms with E-state index in [9.17, 15) is 8.78 Å². The van der Waals surface area contributed by atoms with E-state index in [1.807, 2.05) is 25.1 Å². The number of nitrogens with one attached hydrogen (secondary N) is 1. The number of hydrogen-bond donors (Lipinski definition) is 1. The number of halogens is 2. The summed E-state index contributed by atoms with van der Waals surface area (Å²) in [6, 6.07) is 13.4. The first kappa shape index (κ1) is 17.5. The average molecular weight is 345 g/mol. The van der Waals surface area contributed by atoms with Gasteiger partial charge in [0, 0.05) is 19.2 Å². The van der Waals surface area contributed by atoms with E-state index in [1.165, 1.54) is 12.1 Å². The number of morpholine rings is 1. The van der Waals surface area contributed by atoms with Crippen molar-refractivity contribution >= 4 is 11.4 Å². The minimum atomic E-state index is -0.667. The van der Waals surface area contributed by atoms with Gasteiger partial charge in [0.05, 0.1) is 30.7 Å². The molecule has 2 aromatic rings. The van der Waals surface area contributed by atoms with Crippen LogP contribution in [-0.4, -0.2) is 36.9 Å². The molecule has 132 valence electrons. The van der Waals surface area contributed by atoms with Gasteiger partial charge in [-0.1, -0.05) is 30.3 Å². The van der Waals surface area contributed by atoms with Crippen LogP contribution < -0.4 is 5.43 Å². The Bertz CT molecular complexity index is 731. The normalized spacial score (nSPS) is 17.3. The van der Waals surface area contributed by atoms with Gasteiger partial charge in [-0.3, -0.25) is 10.3 Å². The summed E-state index contributed by atoms with van der Waals surface area (Å²) in [7, 11) is 0. The highest BCUT2D eigenvalue weighted by Gasteiger charge is 2.25. The maximum atomic E-state index is 13.8. The van der Waals surface area contributed by atoms with Gasteiger partial charge in [-0.15, -0.1) is 0 Å². The van der Waals surface area contributed by atoms with Gasteiger partial charge in [-0.05, 0) is 24.6 Å². The van der Waals surface area contributed by atoms with Gasteiger partial charge in [0.15, 0.2) is 5.82 Å². The van der Waals surface area contributed by atoms with Crippen LogP contribution in [0.25, 0.3) is 0 Å². The molecule has 1 aliphatic rings.